The normalized spacial score (nSPS) is 12.5. The molecule has 15 heavy (non-hydrogen) atoms. The molecule has 0 heterocycles. The van der Waals surface area contributed by atoms with Crippen molar-refractivity contribution in [2.45, 2.75) is 39.7 Å². The summed E-state index contributed by atoms with van der Waals surface area (Å²) in [4.78, 5) is 0. The topological polar surface area (TPSA) is 29.5 Å². The number of benzene rings is 1. The molecule has 0 aliphatic rings. The third-order valence-corrected chi connectivity index (χ3v) is 2.37. The second-order valence-electron chi connectivity index (χ2n) is 3.94. The average molecular weight is 208 g/mol. The second kappa shape index (κ2) is 5.76. The summed E-state index contributed by atoms with van der Waals surface area (Å²) < 4.78 is 5.63. The Labute approximate surface area is 91.9 Å². The molecule has 2 nitrogen and oxygen atoms in total. The highest BCUT2D eigenvalue weighted by Crippen LogP contribution is 2.22. The third-order valence-electron chi connectivity index (χ3n) is 2.37. The fraction of sp³-hybridized carbons (Fsp3) is 0.538. The molecule has 1 unspecified atom stereocenters. The van der Waals surface area contributed by atoms with Crippen molar-refractivity contribution in [1.29, 1.82) is 0 Å². The van der Waals surface area contributed by atoms with Gasteiger partial charge in [-0.05, 0) is 43.9 Å². The molecule has 0 aromatic heterocycles. The van der Waals surface area contributed by atoms with Crippen molar-refractivity contribution in [3.05, 3.63) is 29.3 Å². The Morgan fingerprint density at radius 1 is 1.40 bits per heavy atom. The van der Waals surface area contributed by atoms with E-state index in [1.54, 1.807) is 6.92 Å². The lowest BCUT2D eigenvalue weighted by Gasteiger charge is -2.13. The van der Waals surface area contributed by atoms with E-state index >= 15 is 0 Å². The minimum Gasteiger partial charge on any atom is -0.493 e. The molecular weight excluding hydrogens is 188 g/mol. The number of aliphatic hydroxyl groups is 1. The van der Waals surface area contributed by atoms with E-state index in [2.05, 4.69) is 6.92 Å². The molecule has 0 bridgehead atoms. The van der Waals surface area contributed by atoms with Gasteiger partial charge in [0.25, 0.3) is 0 Å². The zero-order valence-electron chi connectivity index (χ0n) is 9.79. The first-order valence-corrected chi connectivity index (χ1v) is 5.54. The van der Waals surface area contributed by atoms with E-state index in [1.807, 2.05) is 25.1 Å². The number of hydrogen-bond donors (Lipinski definition) is 1. The SMILES string of the molecule is CCCOc1cccc(CC(C)O)c1C. The van der Waals surface area contributed by atoms with Gasteiger partial charge in [0.05, 0.1) is 12.7 Å². The molecule has 0 spiro atoms. The molecule has 0 saturated carbocycles. The van der Waals surface area contributed by atoms with Crippen LogP contribution in [0.5, 0.6) is 5.75 Å². The Morgan fingerprint density at radius 3 is 2.73 bits per heavy atom. The van der Waals surface area contributed by atoms with Crippen LogP contribution in [0.2, 0.25) is 0 Å². The smallest absolute Gasteiger partial charge is 0.122 e. The van der Waals surface area contributed by atoms with E-state index in [1.165, 1.54) is 5.56 Å². The molecule has 1 atom stereocenters. The zero-order valence-corrected chi connectivity index (χ0v) is 9.79. The van der Waals surface area contributed by atoms with Crippen molar-refractivity contribution in [1.82, 2.24) is 0 Å². The van der Waals surface area contributed by atoms with Gasteiger partial charge in [-0.3, -0.25) is 0 Å². The van der Waals surface area contributed by atoms with Crippen LogP contribution < -0.4 is 4.74 Å². The van der Waals surface area contributed by atoms with Crippen molar-refractivity contribution in [2.75, 3.05) is 6.61 Å². The fourth-order valence-electron chi connectivity index (χ4n) is 1.57. The van der Waals surface area contributed by atoms with Gasteiger partial charge in [-0.2, -0.15) is 0 Å². The Bertz CT molecular complexity index is 305. The molecule has 0 saturated heterocycles. The number of hydrogen-bond acceptors (Lipinski definition) is 2. The highest BCUT2D eigenvalue weighted by atomic mass is 16.5. The molecule has 84 valence electrons. The summed E-state index contributed by atoms with van der Waals surface area (Å²) in [5.41, 5.74) is 2.31. The van der Waals surface area contributed by atoms with E-state index in [0.717, 1.165) is 24.3 Å². The van der Waals surface area contributed by atoms with E-state index in [9.17, 15) is 5.11 Å². The van der Waals surface area contributed by atoms with Crippen LogP contribution in [-0.2, 0) is 6.42 Å². The molecule has 1 N–H and O–H groups in total. The fourth-order valence-corrected chi connectivity index (χ4v) is 1.57. The lowest BCUT2D eigenvalue weighted by molar-refractivity contribution is 0.195. The summed E-state index contributed by atoms with van der Waals surface area (Å²) in [7, 11) is 0. The summed E-state index contributed by atoms with van der Waals surface area (Å²) >= 11 is 0. The minimum absolute atomic E-state index is 0.301. The quantitative estimate of drug-likeness (QED) is 0.806. The molecule has 1 aromatic carbocycles. The maximum Gasteiger partial charge on any atom is 0.122 e. The Kier molecular flexibility index (Phi) is 4.63. The van der Waals surface area contributed by atoms with Gasteiger partial charge in [0.1, 0.15) is 5.75 Å². The highest BCUT2D eigenvalue weighted by Gasteiger charge is 2.06. The van der Waals surface area contributed by atoms with E-state index in [4.69, 9.17) is 4.74 Å². The first-order valence-electron chi connectivity index (χ1n) is 5.54. The van der Waals surface area contributed by atoms with Crippen molar-refractivity contribution >= 4 is 0 Å². The molecule has 2 heteroatoms. The molecule has 0 amide bonds. The molecule has 0 aliphatic heterocycles. The van der Waals surface area contributed by atoms with Crippen LogP contribution in [0, 0.1) is 6.92 Å². The second-order valence-corrected chi connectivity index (χ2v) is 3.94. The Balaban J connectivity index is 2.80. The molecule has 1 aromatic rings. The van der Waals surface area contributed by atoms with Gasteiger partial charge in [0.2, 0.25) is 0 Å². The monoisotopic (exact) mass is 208 g/mol. The van der Waals surface area contributed by atoms with Crippen LogP contribution >= 0.6 is 0 Å². The average Bonchev–Trinajstić information content (AvgIpc) is 2.19. The highest BCUT2D eigenvalue weighted by molar-refractivity contribution is 5.39. The standard InChI is InChI=1S/C13H20O2/c1-4-8-15-13-7-5-6-12(11(13)3)9-10(2)14/h5-7,10,14H,4,8-9H2,1-3H3. The molecule has 1 rings (SSSR count). The molecule has 0 fully saturated rings. The van der Waals surface area contributed by atoms with E-state index in [0.29, 0.717) is 6.42 Å². The van der Waals surface area contributed by atoms with Crippen LogP contribution in [0.25, 0.3) is 0 Å². The Morgan fingerprint density at radius 2 is 2.13 bits per heavy atom. The van der Waals surface area contributed by atoms with Crippen LogP contribution in [0.1, 0.15) is 31.4 Å². The zero-order chi connectivity index (χ0) is 11.3. The van der Waals surface area contributed by atoms with Gasteiger partial charge >= 0.3 is 0 Å². The largest absolute Gasteiger partial charge is 0.493 e. The van der Waals surface area contributed by atoms with Gasteiger partial charge in [0, 0.05) is 0 Å². The lowest BCUT2D eigenvalue weighted by Crippen LogP contribution is -2.07. The maximum absolute atomic E-state index is 9.36. The van der Waals surface area contributed by atoms with Gasteiger partial charge in [0.15, 0.2) is 0 Å². The molecule has 0 aliphatic carbocycles. The summed E-state index contributed by atoms with van der Waals surface area (Å²) in [6, 6.07) is 6.01. The molecule has 0 radical (unpaired) electrons. The van der Waals surface area contributed by atoms with Crippen LogP contribution in [0.4, 0.5) is 0 Å². The summed E-state index contributed by atoms with van der Waals surface area (Å²) in [6.07, 6.45) is 1.40. The maximum atomic E-state index is 9.36. The summed E-state index contributed by atoms with van der Waals surface area (Å²) in [5, 5.41) is 9.36. The van der Waals surface area contributed by atoms with E-state index in [-0.39, 0.29) is 6.10 Å². The first-order chi connectivity index (χ1) is 7.15. The Hall–Kier alpha value is -1.02. The predicted molar refractivity (Wildman–Crippen MR) is 62.3 cm³/mol. The van der Waals surface area contributed by atoms with Crippen molar-refractivity contribution < 1.29 is 9.84 Å². The van der Waals surface area contributed by atoms with Gasteiger partial charge in [-0.25, -0.2) is 0 Å². The van der Waals surface area contributed by atoms with E-state index < -0.39 is 0 Å². The minimum atomic E-state index is -0.301. The van der Waals surface area contributed by atoms with Crippen molar-refractivity contribution in [3.8, 4) is 5.75 Å². The molecular formula is C13H20O2. The van der Waals surface area contributed by atoms with Crippen LogP contribution in [-0.4, -0.2) is 17.8 Å². The van der Waals surface area contributed by atoms with Crippen LogP contribution in [0.3, 0.4) is 0 Å². The first kappa shape index (κ1) is 12.1. The predicted octanol–water partition coefficient (Wildman–Crippen LogP) is 2.71. The van der Waals surface area contributed by atoms with Crippen molar-refractivity contribution in [2.24, 2.45) is 0 Å². The number of rotatable bonds is 5. The lowest BCUT2D eigenvalue weighted by atomic mass is 10.0. The van der Waals surface area contributed by atoms with Gasteiger partial charge in [-0.1, -0.05) is 19.1 Å². The summed E-state index contributed by atoms with van der Waals surface area (Å²) in [6.45, 7) is 6.69. The van der Waals surface area contributed by atoms with Crippen LogP contribution in [0.15, 0.2) is 18.2 Å². The summed E-state index contributed by atoms with van der Waals surface area (Å²) in [5.74, 6) is 0.940. The van der Waals surface area contributed by atoms with Crippen molar-refractivity contribution in [3.63, 3.8) is 0 Å². The number of ether oxygens (including phenoxy) is 1. The number of aliphatic hydroxyl groups excluding tert-OH is 1. The third kappa shape index (κ3) is 3.56. The van der Waals surface area contributed by atoms with Gasteiger partial charge in [-0.15, -0.1) is 0 Å². The van der Waals surface area contributed by atoms with Gasteiger partial charge < -0.3 is 9.84 Å².